The average Bonchev–Trinajstić information content (AvgIpc) is 2.44. The number of pyridine rings is 1. The van der Waals surface area contributed by atoms with Crippen LogP contribution in [0.15, 0.2) is 30.5 Å². The highest BCUT2D eigenvalue weighted by Crippen LogP contribution is 2.17. The molecular formula is C12H16N2. The lowest BCUT2D eigenvalue weighted by Gasteiger charge is -2.07. The maximum absolute atomic E-state index is 2.26. The number of fused-ring (bicyclic) bond motifs is 1. The van der Waals surface area contributed by atoms with Crippen LogP contribution in [0, 0.1) is 6.92 Å². The number of rotatable bonds is 2. The molecule has 14 heavy (non-hydrogen) atoms. The first-order valence-electron chi connectivity index (χ1n) is 4.89. The monoisotopic (exact) mass is 188 g/mol. The number of hydrogen-bond donors (Lipinski definition) is 0. The highest BCUT2D eigenvalue weighted by molar-refractivity contribution is 5.57. The highest BCUT2D eigenvalue weighted by Gasteiger charge is 2.05. The molecule has 0 radical (unpaired) electrons. The number of aryl methyl sites for hydroxylation is 1. The van der Waals surface area contributed by atoms with Crippen LogP contribution in [0.2, 0.25) is 0 Å². The second kappa shape index (κ2) is 3.46. The summed E-state index contributed by atoms with van der Waals surface area (Å²) in [6.45, 7) is 3.15. The van der Waals surface area contributed by atoms with Gasteiger partial charge in [-0.1, -0.05) is 6.07 Å². The van der Waals surface area contributed by atoms with Crippen LogP contribution in [0.25, 0.3) is 5.52 Å². The molecule has 0 aliphatic heterocycles. The van der Waals surface area contributed by atoms with E-state index in [-0.39, 0.29) is 0 Å². The van der Waals surface area contributed by atoms with Gasteiger partial charge in [-0.25, -0.2) is 0 Å². The van der Waals surface area contributed by atoms with Gasteiger partial charge in [0.25, 0.3) is 0 Å². The zero-order chi connectivity index (χ0) is 10.1. The predicted octanol–water partition coefficient (Wildman–Crippen LogP) is 2.31. The standard InChI is InChI=1S/C12H16N2/c1-10-8-11(9-13(2)3)12-6-4-5-7-14(10)12/h4-8H,9H2,1-3H3. The topological polar surface area (TPSA) is 7.65 Å². The second-order valence-electron chi connectivity index (χ2n) is 4.00. The lowest BCUT2D eigenvalue weighted by Crippen LogP contribution is -2.10. The fourth-order valence-electron chi connectivity index (χ4n) is 1.88. The molecule has 2 heterocycles. The molecule has 0 aromatic carbocycles. The Bertz CT molecular complexity index is 441. The Labute approximate surface area is 84.8 Å². The summed E-state index contributed by atoms with van der Waals surface area (Å²) in [5.74, 6) is 0. The summed E-state index contributed by atoms with van der Waals surface area (Å²) >= 11 is 0. The molecule has 0 N–H and O–H groups in total. The van der Waals surface area contributed by atoms with Gasteiger partial charge in [0.15, 0.2) is 0 Å². The minimum atomic E-state index is 1.00. The first-order chi connectivity index (χ1) is 6.68. The van der Waals surface area contributed by atoms with Crippen molar-refractivity contribution in [3.63, 3.8) is 0 Å². The van der Waals surface area contributed by atoms with E-state index in [9.17, 15) is 0 Å². The molecular weight excluding hydrogens is 172 g/mol. The van der Waals surface area contributed by atoms with Crippen LogP contribution < -0.4 is 0 Å². The average molecular weight is 188 g/mol. The summed E-state index contributed by atoms with van der Waals surface area (Å²) in [6, 6.07) is 8.59. The quantitative estimate of drug-likeness (QED) is 0.701. The van der Waals surface area contributed by atoms with Crippen molar-refractivity contribution in [2.75, 3.05) is 14.1 Å². The SMILES string of the molecule is Cc1cc(CN(C)C)c2ccccn12. The third-order valence-electron chi connectivity index (χ3n) is 2.44. The van der Waals surface area contributed by atoms with Crippen LogP contribution in [0.1, 0.15) is 11.3 Å². The van der Waals surface area contributed by atoms with Crippen LogP contribution in [-0.4, -0.2) is 23.4 Å². The van der Waals surface area contributed by atoms with Crippen molar-refractivity contribution in [3.8, 4) is 0 Å². The third-order valence-corrected chi connectivity index (χ3v) is 2.44. The molecule has 0 spiro atoms. The summed E-state index contributed by atoms with van der Waals surface area (Å²) in [5, 5.41) is 0. The van der Waals surface area contributed by atoms with E-state index in [4.69, 9.17) is 0 Å². The van der Waals surface area contributed by atoms with E-state index >= 15 is 0 Å². The fourth-order valence-corrected chi connectivity index (χ4v) is 1.88. The Morgan fingerprint density at radius 2 is 2.07 bits per heavy atom. The van der Waals surface area contributed by atoms with Crippen molar-refractivity contribution in [1.82, 2.24) is 9.30 Å². The minimum absolute atomic E-state index is 1.00. The molecule has 0 fully saturated rings. The van der Waals surface area contributed by atoms with Crippen molar-refractivity contribution in [2.45, 2.75) is 13.5 Å². The van der Waals surface area contributed by atoms with E-state index in [0.717, 1.165) is 6.54 Å². The van der Waals surface area contributed by atoms with Crippen LogP contribution in [0.4, 0.5) is 0 Å². The molecule has 2 heteroatoms. The van der Waals surface area contributed by atoms with Gasteiger partial charge in [0.05, 0.1) is 0 Å². The molecule has 0 amide bonds. The van der Waals surface area contributed by atoms with Crippen LogP contribution in [0.5, 0.6) is 0 Å². The van der Waals surface area contributed by atoms with Crippen LogP contribution in [-0.2, 0) is 6.54 Å². The molecule has 0 unspecified atom stereocenters. The Morgan fingerprint density at radius 3 is 2.79 bits per heavy atom. The zero-order valence-corrected chi connectivity index (χ0v) is 8.99. The van der Waals surface area contributed by atoms with Gasteiger partial charge >= 0.3 is 0 Å². The van der Waals surface area contributed by atoms with Gasteiger partial charge in [-0.05, 0) is 44.8 Å². The highest BCUT2D eigenvalue weighted by atomic mass is 15.1. The fraction of sp³-hybridized carbons (Fsp3) is 0.333. The molecule has 2 aromatic rings. The van der Waals surface area contributed by atoms with Crippen molar-refractivity contribution in [3.05, 3.63) is 41.7 Å². The summed E-state index contributed by atoms with van der Waals surface area (Å²) in [4.78, 5) is 2.20. The predicted molar refractivity (Wildman–Crippen MR) is 59.5 cm³/mol. The normalized spacial score (nSPS) is 11.4. The molecule has 2 nitrogen and oxygen atoms in total. The summed E-state index contributed by atoms with van der Waals surface area (Å²) in [5.41, 5.74) is 4.02. The van der Waals surface area contributed by atoms with Gasteiger partial charge in [-0.15, -0.1) is 0 Å². The zero-order valence-electron chi connectivity index (χ0n) is 8.99. The Balaban J connectivity index is 2.55. The first kappa shape index (κ1) is 9.28. The largest absolute Gasteiger partial charge is 0.321 e. The summed E-state index contributed by atoms with van der Waals surface area (Å²) < 4.78 is 2.23. The Hall–Kier alpha value is -1.28. The lowest BCUT2D eigenvalue weighted by atomic mass is 10.2. The van der Waals surface area contributed by atoms with Crippen molar-refractivity contribution >= 4 is 5.52 Å². The maximum atomic E-state index is 2.26. The molecule has 2 aromatic heterocycles. The number of nitrogens with zero attached hydrogens (tertiary/aromatic N) is 2. The van der Waals surface area contributed by atoms with Gasteiger partial charge in [0.1, 0.15) is 0 Å². The van der Waals surface area contributed by atoms with E-state index in [1.807, 2.05) is 0 Å². The second-order valence-corrected chi connectivity index (χ2v) is 4.00. The van der Waals surface area contributed by atoms with Gasteiger partial charge in [0, 0.05) is 24.0 Å². The molecule has 0 saturated carbocycles. The van der Waals surface area contributed by atoms with Gasteiger partial charge in [0.2, 0.25) is 0 Å². The van der Waals surface area contributed by atoms with Gasteiger partial charge in [-0.2, -0.15) is 0 Å². The molecule has 0 atom stereocenters. The van der Waals surface area contributed by atoms with E-state index in [1.54, 1.807) is 0 Å². The van der Waals surface area contributed by atoms with E-state index in [2.05, 4.69) is 60.8 Å². The molecule has 0 aliphatic carbocycles. The van der Waals surface area contributed by atoms with Crippen molar-refractivity contribution in [1.29, 1.82) is 0 Å². The van der Waals surface area contributed by atoms with Crippen LogP contribution >= 0.6 is 0 Å². The lowest BCUT2D eigenvalue weighted by molar-refractivity contribution is 0.404. The summed E-state index contributed by atoms with van der Waals surface area (Å²) in [7, 11) is 4.20. The Morgan fingerprint density at radius 1 is 1.29 bits per heavy atom. The van der Waals surface area contributed by atoms with Crippen molar-refractivity contribution in [2.24, 2.45) is 0 Å². The molecule has 74 valence electrons. The third kappa shape index (κ3) is 1.53. The maximum Gasteiger partial charge on any atom is 0.0497 e. The van der Waals surface area contributed by atoms with E-state index < -0.39 is 0 Å². The Kier molecular flexibility index (Phi) is 2.30. The van der Waals surface area contributed by atoms with Gasteiger partial charge < -0.3 is 9.30 Å². The van der Waals surface area contributed by atoms with Crippen LogP contribution in [0.3, 0.4) is 0 Å². The van der Waals surface area contributed by atoms with Gasteiger partial charge in [-0.3, -0.25) is 0 Å². The van der Waals surface area contributed by atoms with E-state index in [0.29, 0.717) is 0 Å². The first-order valence-corrected chi connectivity index (χ1v) is 4.89. The molecule has 0 aliphatic rings. The minimum Gasteiger partial charge on any atom is -0.321 e. The summed E-state index contributed by atoms with van der Waals surface area (Å²) in [6.07, 6.45) is 2.11. The van der Waals surface area contributed by atoms with Crippen molar-refractivity contribution < 1.29 is 0 Å². The molecule has 0 bridgehead atoms. The molecule has 0 saturated heterocycles. The number of hydrogen-bond acceptors (Lipinski definition) is 1. The number of aromatic nitrogens is 1. The van der Waals surface area contributed by atoms with E-state index in [1.165, 1.54) is 16.8 Å². The molecule has 2 rings (SSSR count). The smallest absolute Gasteiger partial charge is 0.0497 e.